The number of hydrogen-bond acceptors (Lipinski definition) is 3. The Morgan fingerprint density at radius 2 is 2.07 bits per heavy atom. The van der Waals surface area contributed by atoms with Crippen LogP contribution in [0.1, 0.15) is 10.4 Å². The fraction of sp³-hybridized carbons (Fsp3) is 0.222. The summed E-state index contributed by atoms with van der Waals surface area (Å²) in [5, 5.41) is 10.8. The van der Waals surface area contributed by atoms with Crippen LogP contribution in [0.5, 0.6) is 0 Å². The van der Waals surface area contributed by atoms with Gasteiger partial charge in [-0.15, -0.1) is 0 Å². The lowest BCUT2D eigenvalue weighted by atomic mass is 10.1. The normalized spacial score (nSPS) is 9.80. The van der Waals surface area contributed by atoms with E-state index in [0.29, 0.717) is 0 Å². The Balaban J connectivity index is 3.37. The molecule has 0 aromatic heterocycles. The Kier molecular flexibility index (Phi) is 3.26. The highest BCUT2D eigenvalue weighted by molar-refractivity contribution is 6.34. The molecule has 0 saturated carbocycles. The van der Waals surface area contributed by atoms with Gasteiger partial charge in [-0.3, -0.25) is 14.9 Å². The van der Waals surface area contributed by atoms with Crippen LogP contribution >= 0.6 is 11.6 Å². The third-order valence-electron chi connectivity index (χ3n) is 1.81. The van der Waals surface area contributed by atoms with E-state index in [2.05, 4.69) is 0 Å². The van der Waals surface area contributed by atoms with Gasteiger partial charge in [-0.25, -0.2) is 0 Å². The van der Waals surface area contributed by atoms with Gasteiger partial charge in [0.15, 0.2) is 0 Å². The van der Waals surface area contributed by atoms with Gasteiger partial charge in [0, 0.05) is 20.2 Å². The first-order valence-corrected chi connectivity index (χ1v) is 4.47. The third kappa shape index (κ3) is 2.24. The lowest BCUT2D eigenvalue weighted by Crippen LogP contribution is -2.23. The molecule has 0 heterocycles. The Bertz CT molecular complexity index is 418. The summed E-state index contributed by atoms with van der Waals surface area (Å²) in [6, 6.07) is 4.14. The molecule has 0 spiro atoms. The summed E-state index contributed by atoms with van der Waals surface area (Å²) < 4.78 is 0. The average molecular weight is 229 g/mol. The van der Waals surface area contributed by atoms with E-state index in [1.165, 1.54) is 37.2 Å². The molecule has 0 aliphatic carbocycles. The van der Waals surface area contributed by atoms with Gasteiger partial charge in [0.2, 0.25) is 0 Å². The zero-order valence-electron chi connectivity index (χ0n) is 8.23. The molecule has 80 valence electrons. The van der Waals surface area contributed by atoms with Crippen molar-refractivity contribution in [3.05, 3.63) is 38.9 Å². The van der Waals surface area contributed by atoms with Crippen molar-refractivity contribution in [1.82, 2.24) is 4.90 Å². The number of hydrogen-bond donors (Lipinski definition) is 0. The van der Waals surface area contributed by atoms with Gasteiger partial charge in [0.25, 0.3) is 11.6 Å². The van der Waals surface area contributed by atoms with Crippen molar-refractivity contribution in [3.8, 4) is 0 Å². The van der Waals surface area contributed by atoms with E-state index in [4.69, 9.17) is 11.6 Å². The number of amides is 1. The number of nitrogens with zero attached hydrogens (tertiary/aromatic N) is 2. The van der Waals surface area contributed by atoms with Crippen LogP contribution in [0.15, 0.2) is 18.2 Å². The first kappa shape index (κ1) is 11.5. The monoisotopic (exact) mass is 228 g/mol. The van der Waals surface area contributed by atoms with Gasteiger partial charge in [0.05, 0.1) is 9.95 Å². The molecule has 0 aliphatic heterocycles. The molecule has 0 fully saturated rings. The maximum atomic E-state index is 11.6. The van der Waals surface area contributed by atoms with Gasteiger partial charge >= 0.3 is 0 Å². The van der Waals surface area contributed by atoms with E-state index in [-0.39, 0.29) is 16.3 Å². The quantitative estimate of drug-likeness (QED) is 0.574. The first-order valence-electron chi connectivity index (χ1n) is 4.09. The second-order valence-corrected chi connectivity index (χ2v) is 3.50. The van der Waals surface area contributed by atoms with Crippen molar-refractivity contribution < 1.29 is 9.72 Å². The molecule has 1 rings (SSSR count). The molecule has 1 amide bonds. The van der Waals surface area contributed by atoms with E-state index in [0.717, 1.165) is 0 Å². The second-order valence-electron chi connectivity index (χ2n) is 3.09. The summed E-state index contributed by atoms with van der Waals surface area (Å²) in [6.45, 7) is 0. The summed E-state index contributed by atoms with van der Waals surface area (Å²) in [4.78, 5) is 22.9. The van der Waals surface area contributed by atoms with Crippen LogP contribution < -0.4 is 0 Å². The summed E-state index contributed by atoms with van der Waals surface area (Å²) in [7, 11) is 3.02. The number of rotatable bonds is 2. The van der Waals surface area contributed by atoms with Crippen molar-refractivity contribution in [2.45, 2.75) is 0 Å². The molecule has 0 bridgehead atoms. The van der Waals surface area contributed by atoms with E-state index in [9.17, 15) is 14.9 Å². The predicted molar refractivity (Wildman–Crippen MR) is 56.1 cm³/mol. The average Bonchev–Trinajstić information content (AvgIpc) is 2.16. The lowest BCUT2D eigenvalue weighted by Gasteiger charge is -2.11. The molecule has 0 aliphatic rings. The molecule has 0 radical (unpaired) electrons. The van der Waals surface area contributed by atoms with Crippen LogP contribution in [0.25, 0.3) is 0 Å². The smallest absolute Gasteiger partial charge is 0.283 e. The molecular weight excluding hydrogens is 220 g/mol. The van der Waals surface area contributed by atoms with Gasteiger partial charge in [-0.1, -0.05) is 17.7 Å². The molecular formula is C9H9ClN2O3. The highest BCUT2D eigenvalue weighted by atomic mass is 35.5. The van der Waals surface area contributed by atoms with Crippen molar-refractivity contribution in [2.75, 3.05) is 14.1 Å². The molecule has 0 atom stereocenters. The van der Waals surface area contributed by atoms with Gasteiger partial charge in [0.1, 0.15) is 5.56 Å². The standard InChI is InChI=1S/C9H9ClN2O3/c1-11(2)9(13)8-6(10)4-3-5-7(8)12(14)15/h3-5H,1-2H3. The maximum absolute atomic E-state index is 11.6. The molecule has 15 heavy (non-hydrogen) atoms. The van der Waals surface area contributed by atoms with Gasteiger partial charge in [-0.05, 0) is 6.07 Å². The van der Waals surface area contributed by atoms with E-state index >= 15 is 0 Å². The molecule has 0 saturated heterocycles. The fourth-order valence-corrected chi connectivity index (χ4v) is 1.35. The molecule has 0 unspecified atom stereocenters. The number of benzene rings is 1. The van der Waals surface area contributed by atoms with Crippen LogP contribution in [0.4, 0.5) is 5.69 Å². The minimum absolute atomic E-state index is 0.0748. The minimum atomic E-state index is -0.622. The van der Waals surface area contributed by atoms with E-state index in [1.807, 2.05) is 0 Å². The number of halogens is 1. The lowest BCUT2D eigenvalue weighted by molar-refractivity contribution is -0.385. The van der Waals surface area contributed by atoms with Gasteiger partial charge < -0.3 is 4.90 Å². The third-order valence-corrected chi connectivity index (χ3v) is 2.12. The fourth-order valence-electron chi connectivity index (χ4n) is 1.10. The van der Waals surface area contributed by atoms with Crippen LogP contribution in [0.2, 0.25) is 5.02 Å². The summed E-state index contributed by atoms with van der Waals surface area (Å²) in [5.74, 6) is -0.479. The SMILES string of the molecule is CN(C)C(=O)c1c(Cl)cccc1[N+](=O)[O-]. The number of nitro groups is 1. The predicted octanol–water partition coefficient (Wildman–Crippen LogP) is 1.95. The highest BCUT2D eigenvalue weighted by Crippen LogP contribution is 2.26. The number of carbonyl (C=O) groups is 1. The van der Waals surface area contributed by atoms with Crippen molar-refractivity contribution in [2.24, 2.45) is 0 Å². The van der Waals surface area contributed by atoms with Crippen molar-refractivity contribution in [1.29, 1.82) is 0 Å². The van der Waals surface area contributed by atoms with Crippen LogP contribution in [-0.4, -0.2) is 29.8 Å². The van der Waals surface area contributed by atoms with Crippen molar-refractivity contribution in [3.63, 3.8) is 0 Å². The molecule has 6 heteroatoms. The summed E-state index contributed by atoms with van der Waals surface area (Å²) in [5.41, 5.74) is -0.352. The highest BCUT2D eigenvalue weighted by Gasteiger charge is 2.24. The first-order chi connectivity index (χ1) is 6.95. The van der Waals surface area contributed by atoms with Gasteiger partial charge in [-0.2, -0.15) is 0 Å². The number of carbonyl (C=O) groups excluding carboxylic acids is 1. The molecule has 1 aromatic carbocycles. The molecule has 0 N–H and O–H groups in total. The summed E-state index contributed by atoms with van der Waals surface area (Å²) in [6.07, 6.45) is 0. The van der Waals surface area contributed by atoms with Crippen LogP contribution in [-0.2, 0) is 0 Å². The molecule has 5 nitrogen and oxygen atoms in total. The van der Waals surface area contributed by atoms with E-state index in [1.54, 1.807) is 0 Å². The van der Waals surface area contributed by atoms with Crippen LogP contribution in [0, 0.1) is 10.1 Å². The summed E-state index contributed by atoms with van der Waals surface area (Å²) >= 11 is 5.76. The largest absolute Gasteiger partial charge is 0.345 e. The molecule has 1 aromatic rings. The minimum Gasteiger partial charge on any atom is -0.345 e. The zero-order chi connectivity index (χ0) is 11.6. The number of nitro benzene ring substituents is 1. The second kappa shape index (κ2) is 4.27. The zero-order valence-corrected chi connectivity index (χ0v) is 8.99. The maximum Gasteiger partial charge on any atom is 0.283 e. The Morgan fingerprint density at radius 3 is 2.53 bits per heavy atom. The van der Waals surface area contributed by atoms with Crippen LogP contribution in [0.3, 0.4) is 0 Å². The van der Waals surface area contributed by atoms with E-state index < -0.39 is 10.8 Å². The Labute approximate surface area is 91.4 Å². The Hall–Kier alpha value is -1.62. The topological polar surface area (TPSA) is 63.5 Å². The van der Waals surface area contributed by atoms with Crippen molar-refractivity contribution >= 4 is 23.2 Å². The Morgan fingerprint density at radius 1 is 1.47 bits per heavy atom.